The number of aromatic nitrogens is 1. The number of carboxylic acid groups (broad SMARTS) is 1. The molecule has 1 aliphatic heterocycles. The third-order valence-corrected chi connectivity index (χ3v) is 2.89. The molecule has 0 radical (unpaired) electrons. The number of nitrogens with two attached hydrogens (primary N) is 1. The minimum atomic E-state index is -0.984. The highest BCUT2D eigenvalue weighted by molar-refractivity contribution is 5.73. The summed E-state index contributed by atoms with van der Waals surface area (Å²) in [5.41, 5.74) is 6.11. The van der Waals surface area contributed by atoms with Crippen molar-refractivity contribution in [2.45, 2.75) is 17.9 Å². The first-order valence-electron chi connectivity index (χ1n) is 5.12. The Morgan fingerprint density at radius 2 is 2.38 bits per heavy atom. The number of aliphatic carboxylic acids is 1. The van der Waals surface area contributed by atoms with Gasteiger partial charge in [0, 0.05) is 6.20 Å². The van der Waals surface area contributed by atoms with Gasteiger partial charge in [-0.3, -0.25) is 9.78 Å². The predicted molar refractivity (Wildman–Crippen MR) is 57.0 cm³/mol. The molecular formula is C11H14N2O3. The van der Waals surface area contributed by atoms with Crippen molar-refractivity contribution >= 4 is 5.97 Å². The minimum absolute atomic E-state index is 0.320. The molecule has 0 amide bonds. The van der Waals surface area contributed by atoms with Crippen LogP contribution in [-0.2, 0) is 14.9 Å². The quantitative estimate of drug-likeness (QED) is 0.757. The molecule has 0 bridgehead atoms. The van der Waals surface area contributed by atoms with Gasteiger partial charge in [0.25, 0.3) is 0 Å². The molecule has 0 aromatic carbocycles. The van der Waals surface area contributed by atoms with Gasteiger partial charge in [-0.2, -0.15) is 0 Å². The molecule has 86 valence electrons. The van der Waals surface area contributed by atoms with Crippen molar-refractivity contribution in [3.05, 3.63) is 30.1 Å². The molecule has 2 heterocycles. The third kappa shape index (κ3) is 1.91. The standard InChI is InChI=1S/C11H14N2O3/c12-8(10(14)15)5-11(6-16-7-11)9-3-1-2-4-13-9/h1-4,8H,5-7,12H2,(H,14,15). The molecule has 3 N–H and O–H groups in total. The van der Waals surface area contributed by atoms with E-state index in [9.17, 15) is 4.79 Å². The molecule has 1 fully saturated rings. The van der Waals surface area contributed by atoms with Gasteiger partial charge in [0.05, 0.1) is 24.3 Å². The Kier molecular flexibility index (Phi) is 2.89. The highest BCUT2D eigenvalue weighted by Crippen LogP contribution is 2.35. The Bertz CT molecular complexity index is 376. The van der Waals surface area contributed by atoms with Crippen LogP contribution in [0.3, 0.4) is 0 Å². The average Bonchev–Trinajstić information content (AvgIpc) is 2.24. The van der Waals surface area contributed by atoms with Crippen LogP contribution in [0.1, 0.15) is 12.1 Å². The predicted octanol–water partition coefficient (Wildman–Crippen LogP) is 0.152. The fourth-order valence-corrected chi connectivity index (χ4v) is 1.90. The molecule has 0 saturated carbocycles. The SMILES string of the molecule is NC(CC1(c2ccccn2)COC1)C(=O)O. The lowest BCUT2D eigenvalue weighted by Crippen LogP contribution is -2.52. The fraction of sp³-hybridized carbons (Fsp3) is 0.455. The topological polar surface area (TPSA) is 85.4 Å². The molecule has 16 heavy (non-hydrogen) atoms. The summed E-state index contributed by atoms with van der Waals surface area (Å²) in [6.07, 6.45) is 2.06. The molecule has 1 saturated heterocycles. The van der Waals surface area contributed by atoms with Crippen LogP contribution >= 0.6 is 0 Å². The first kappa shape index (κ1) is 11.0. The minimum Gasteiger partial charge on any atom is -0.480 e. The summed E-state index contributed by atoms with van der Waals surface area (Å²) < 4.78 is 5.18. The van der Waals surface area contributed by atoms with Crippen LogP contribution < -0.4 is 5.73 Å². The van der Waals surface area contributed by atoms with Crippen LogP contribution in [0.2, 0.25) is 0 Å². The first-order valence-corrected chi connectivity index (χ1v) is 5.12. The largest absolute Gasteiger partial charge is 0.480 e. The van der Waals surface area contributed by atoms with Crippen molar-refractivity contribution in [2.24, 2.45) is 5.73 Å². The molecular weight excluding hydrogens is 208 g/mol. The van der Waals surface area contributed by atoms with E-state index in [0.29, 0.717) is 19.6 Å². The van der Waals surface area contributed by atoms with Crippen LogP contribution in [0.4, 0.5) is 0 Å². The zero-order valence-corrected chi connectivity index (χ0v) is 8.80. The number of hydrogen-bond acceptors (Lipinski definition) is 4. The van der Waals surface area contributed by atoms with Crippen molar-refractivity contribution in [3.8, 4) is 0 Å². The van der Waals surface area contributed by atoms with Crippen molar-refractivity contribution in [1.82, 2.24) is 4.98 Å². The van der Waals surface area contributed by atoms with Crippen LogP contribution in [0.5, 0.6) is 0 Å². The van der Waals surface area contributed by atoms with Crippen LogP contribution in [0, 0.1) is 0 Å². The van der Waals surface area contributed by atoms with E-state index in [4.69, 9.17) is 15.6 Å². The lowest BCUT2D eigenvalue weighted by Gasteiger charge is -2.41. The fourth-order valence-electron chi connectivity index (χ4n) is 1.90. The van der Waals surface area contributed by atoms with Gasteiger partial charge in [-0.15, -0.1) is 0 Å². The monoisotopic (exact) mass is 222 g/mol. The molecule has 2 rings (SSSR count). The maximum atomic E-state index is 10.8. The van der Waals surface area contributed by atoms with Gasteiger partial charge in [-0.25, -0.2) is 0 Å². The number of ether oxygens (including phenoxy) is 1. The van der Waals surface area contributed by atoms with Gasteiger partial charge in [0.1, 0.15) is 6.04 Å². The molecule has 1 aromatic heterocycles. The summed E-state index contributed by atoms with van der Waals surface area (Å²) >= 11 is 0. The maximum absolute atomic E-state index is 10.8. The van der Waals surface area contributed by atoms with Crippen molar-refractivity contribution < 1.29 is 14.6 Å². The number of pyridine rings is 1. The van der Waals surface area contributed by atoms with Gasteiger partial charge in [0.2, 0.25) is 0 Å². The normalized spacial score (nSPS) is 19.8. The smallest absolute Gasteiger partial charge is 0.320 e. The molecule has 1 aromatic rings. The second kappa shape index (κ2) is 4.19. The van der Waals surface area contributed by atoms with Crippen LogP contribution in [0.25, 0.3) is 0 Å². The summed E-state index contributed by atoms with van der Waals surface area (Å²) in [5.74, 6) is -0.984. The maximum Gasteiger partial charge on any atom is 0.320 e. The van der Waals surface area contributed by atoms with Gasteiger partial charge in [0.15, 0.2) is 0 Å². The summed E-state index contributed by atoms with van der Waals surface area (Å²) in [5, 5.41) is 8.83. The second-order valence-electron chi connectivity index (χ2n) is 4.14. The summed E-state index contributed by atoms with van der Waals surface area (Å²) in [6.45, 7) is 0.982. The van der Waals surface area contributed by atoms with Gasteiger partial charge in [-0.1, -0.05) is 6.07 Å². The zero-order valence-electron chi connectivity index (χ0n) is 8.80. The Labute approximate surface area is 93.2 Å². The molecule has 1 aliphatic rings. The van der Waals surface area contributed by atoms with E-state index >= 15 is 0 Å². The Balaban J connectivity index is 2.17. The van der Waals surface area contributed by atoms with Crippen molar-refractivity contribution in [3.63, 3.8) is 0 Å². The molecule has 1 atom stereocenters. The number of hydrogen-bond donors (Lipinski definition) is 2. The van der Waals surface area contributed by atoms with E-state index in [1.54, 1.807) is 6.20 Å². The average molecular weight is 222 g/mol. The molecule has 5 heteroatoms. The van der Waals surface area contributed by atoms with E-state index in [1.165, 1.54) is 0 Å². The summed E-state index contributed by atoms with van der Waals surface area (Å²) in [4.78, 5) is 15.0. The lowest BCUT2D eigenvalue weighted by atomic mass is 9.76. The highest BCUT2D eigenvalue weighted by Gasteiger charge is 2.43. The van der Waals surface area contributed by atoms with Crippen molar-refractivity contribution in [1.29, 1.82) is 0 Å². The number of rotatable bonds is 4. The Morgan fingerprint density at radius 1 is 1.62 bits per heavy atom. The molecule has 0 aliphatic carbocycles. The third-order valence-electron chi connectivity index (χ3n) is 2.89. The van der Waals surface area contributed by atoms with E-state index in [1.807, 2.05) is 18.2 Å². The first-order chi connectivity index (χ1) is 7.64. The molecule has 1 unspecified atom stereocenters. The van der Waals surface area contributed by atoms with Crippen LogP contribution in [-0.4, -0.2) is 35.3 Å². The van der Waals surface area contributed by atoms with Crippen molar-refractivity contribution in [2.75, 3.05) is 13.2 Å². The Hall–Kier alpha value is -1.46. The van der Waals surface area contributed by atoms with Gasteiger partial charge in [-0.05, 0) is 18.6 Å². The summed E-state index contributed by atoms with van der Waals surface area (Å²) in [6, 6.07) is 4.73. The van der Waals surface area contributed by atoms with Gasteiger partial charge < -0.3 is 15.6 Å². The van der Waals surface area contributed by atoms with E-state index in [0.717, 1.165) is 5.69 Å². The lowest BCUT2D eigenvalue weighted by molar-refractivity contribution is -0.141. The van der Waals surface area contributed by atoms with E-state index in [2.05, 4.69) is 4.98 Å². The van der Waals surface area contributed by atoms with Gasteiger partial charge >= 0.3 is 5.97 Å². The Morgan fingerprint density at radius 3 is 2.81 bits per heavy atom. The van der Waals surface area contributed by atoms with E-state index < -0.39 is 12.0 Å². The number of carboxylic acids is 1. The van der Waals surface area contributed by atoms with E-state index in [-0.39, 0.29) is 5.41 Å². The van der Waals surface area contributed by atoms with Crippen LogP contribution in [0.15, 0.2) is 24.4 Å². The number of carbonyl (C=O) groups is 1. The number of nitrogens with zero attached hydrogens (tertiary/aromatic N) is 1. The summed E-state index contributed by atoms with van der Waals surface area (Å²) in [7, 11) is 0. The molecule has 0 spiro atoms. The second-order valence-corrected chi connectivity index (χ2v) is 4.14. The zero-order chi connectivity index (χ0) is 11.6. The highest BCUT2D eigenvalue weighted by atomic mass is 16.5. The molecule has 5 nitrogen and oxygen atoms in total.